The Kier molecular flexibility index (Phi) is 13.3. The van der Waals surface area contributed by atoms with Crippen LogP contribution in [0.15, 0.2) is 16.4 Å². The monoisotopic (exact) mass is 510 g/mol. The smallest absolute Gasteiger partial charge is 0.191 e. The molecule has 0 spiro atoms. The number of guanidine groups is 1. The van der Waals surface area contributed by atoms with Crippen LogP contribution in [-0.2, 0) is 22.4 Å². The molecule has 1 aliphatic rings. The molecule has 1 aromatic heterocycles. The van der Waals surface area contributed by atoms with Crippen LogP contribution in [0.4, 0.5) is 0 Å². The average Bonchev–Trinajstić information content (AvgIpc) is 3.12. The van der Waals surface area contributed by atoms with Crippen molar-refractivity contribution in [1.82, 2.24) is 15.5 Å². The Hall–Kier alpha value is -0.420. The van der Waals surface area contributed by atoms with Crippen LogP contribution in [0.2, 0.25) is 0 Å². The van der Waals surface area contributed by atoms with Crippen molar-refractivity contribution < 1.29 is 9.47 Å². The Bertz CT molecular complexity index is 542. The van der Waals surface area contributed by atoms with E-state index in [4.69, 9.17) is 14.5 Å². The normalized spacial score (nSPS) is 15.7. The molecule has 156 valence electrons. The summed E-state index contributed by atoms with van der Waals surface area (Å²) in [5.74, 6) is 0.893. The van der Waals surface area contributed by atoms with Gasteiger partial charge in [-0.15, -0.1) is 35.3 Å². The van der Waals surface area contributed by atoms with Crippen LogP contribution in [0.3, 0.4) is 0 Å². The Morgan fingerprint density at radius 2 is 2.19 bits per heavy atom. The first-order valence-corrected chi connectivity index (χ1v) is 10.5. The number of fused-ring (bicyclic) bond motifs is 1. The number of thiophene rings is 1. The van der Waals surface area contributed by atoms with E-state index in [1.165, 1.54) is 12.0 Å². The molecule has 1 aromatic rings. The predicted octanol–water partition coefficient (Wildman–Crippen LogP) is 2.72. The minimum absolute atomic E-state index is 0. The molecule has 6 nitrogen and oxygen atoms in total. The first-order chi connectivity index (χ1) is 12.7. The highest BCUT2D eigenvalue weighted by atomic mass is 127. The van der Waals surface area contributed by atoms with E-state index < -0.39 is 0 Å². The van der Waals surface area contributed by atoms with Crippen molar-refractivity contribution in [2.24, 2.45) is 4.99 Å². The number of rotatable bonds is 11. The molecule has 0 aromatic carbocycles. The van der Waals surface area contributed by atoms with E-state index in [1.54, 1.807) is 12.0 Å². The quantitative estimate of drug-likeness (QED) is 0.208. The summed E-state index contributed by atoms with van der Waals surface area (Å²) in [7, 11) is 1.69. The van der Waals surface area contributed by atoms with E-state index in [-0.39, 0.29) is 24.0 Å². The second kappa shape index (κ2) is 14.6. The molecule has 2 heterocycles. The first kappa shape index (κ1) is 24.6. The van der Waals surface area contributed by atoms with Crippen LogP contribution in [0.1, 0.15) is 30.7 Å². The molecule has 0 radical (unpaired) electrons. The third-order valence-electron chi connectivity index (χ3n) is 4.51. The Morgan fingerprint density at radius 3 is 2.96 bits per heavy atom. The number of halogens is 1. The molecule has 0 saturated carbocycles. The second-order valence-electron chi connectivity index (χ2n) is 6.54. The lowest BCUT2D eigenvalue weighted by Crippen LogP contribution is -2.41. The van der Waals surface area contributed by atoms with E-state index in [1.807, 2.05) is 11.3 Å². The molecule has 0 bridgehead atoms. The summed E-state index contributed by atoms with van der Waals surface area (Å²) in [6.07, 6.45) is 2.12. The third kappa shape index (κ3) is 9.08. The van der Waals surface area contributed by atoms with Gasteiger partial charge in [-0.05, 0) is 43.7 Å². The molecule has 1 aliphatic heterocycles. The molecule has 0 fully saturated rings. The summed E-state index contributed by atoms with van der Waals surface area (Å²) in [5, 5.41) is 8.93. The van der Waals surface area contributed by atoms with Gasteiger partial charge in [-0.25, -0.2) is 0 Å². The fraction of sp³-hybridized carbons (Fsp3) is 0.737. The van der Waals surface area contributed by atoms with Crippen molar-refractivity contribution in [3.05, 3.63) is 21.9 Å². The van der Waals surface area contributed by atoms with Crippen molar-refractivity contribution in [2.75, 3.05) is 53.1 Å². The maximum Gasteiger partial charge on any atom is 0.191 e. The zero-order valence-corrected chi connectivity index (χ0v) is 20.0. The van der Waals surface area contributed by atoms with Gasteiger partial charge in [0.15, 0.2) is 5.96 Å². The lowest BCUT2D eigenvalue weighted by atomic mass is 10.1. The molecule has 0 amide bonds. The molecule has 2 N–H and O–H groups in total. The summed E-state index contributed by atoms with van der Waals surface area (Å²) in [6.45, 7) is 11.1. The van der Waals surface area contributed by atoms with Gasteiger partial charge in [-0.2, -0.15) is 0 Å². The molecule has 0 aliphatic carbocycles. The zero-order chi connectivity index (χ0) is 18.6. The van der Waals surface area contributed by atoms with E-state index in [9.17, 15) is 0 Å². The summed E-state index contributed by atoms with van der Waals surface area (Å²) in [6, 6.07) is 2.71. The number of aliphatic imine (C=N–C) groups is 1. The van der Waals surface area contributed by atoms with Gasteiger partial charge < -0.3 is 20.1 Å². The van der Waals surface area contributed by atoms with E-state index in [0.29, 0.717) is 19.3 Å². The Balaban J connectivity index is 0.00000364. The molecule has 0 saturated heterocycles. The van der Waals surface area contributed by atoms with Crippen molar-refractivity contribution >= 4 is 41.3 Å². The van der Waals surface area contributed by atoms with Gasteiger partial charge in [0, 0.05) is 50.8 Å². The highest BCUT2D eigenvalue weighted by Gasteiger charge is 2.21. The summed E-state index contributed by atoms with van der Waals surface area (Å²) in [4.78, 5) is 8.86. The van der Waals surface area contributed by atoms with Gasteiger partial charge in [0.25, 0.3) is 0 Å². The number of hydrogen-bond acceptors (Lipinski definition) is 5. The Labute approximate surface area is 185 Å². The third-order valence-corrected chi connectivity index (χ3v) is 5.53. The first-order valence-electron chi connectivity index (χ1n) is 9.62. The molecule has 1 atom stereocenters. The summed E-state index contributed by atoms with van der Waals surface area (Å²) < 4.78 is 10.4. The molecule has 2 rings (SSSR count). The highest BCUT2D eigenvalue weighted by Crippen LogP contribution is 2.25. The fourth-order valence-electron chi connectivity index (χ4n) is 2.95. The van der Waals surface area contributed by atoms with Crippen LogP contribution < -0.4 is 10.6 Å². The van der Waals surface area contributed by atoms with Crippen LogP contribution in [-0.4, -0.2) is 70.0 Å². The van der Waals surface area contributed by atoms with Crippen molar-refractivity contribution in [3.63, 3.8) is 0 Å². The van der Waals surface area contributed by atoms with E-state index in [2.05, 4.69) is 40.8 Å². The standard InChI is InChI=1S/C19H34N4O2S.HI/c1-4-20-19(21-8-5-10-25-12-11-24-3)22-14-16(2)23-9-6-18-17(15-23)7-13-26-18;/h7,13,16H,4-6,8-12,14-15H2,1-3H3,(H2,20,21,22);1H. The van der Waals surface area contributed by atoms with Crippen LogP contribution in [0.25, 0.3) is 0 Å². The second-order valence-corrected chi connectivity index (χ2v) is 7.54. The van der Waals surface area contributed by atoms with Gasteiger partial charge in [0.1, 0.15) is 0 Å². The molecular formula is C19H35IN4O2S. The van der Waals surface area contributed by atoms with Crippen molar-refractivity contribution in [3.8, 4) is 0 Å². The van der Waals surface area contributed by atoms with Crippen LogP contribution in [0.5, 0.6) is 0 Å². The van der Waals surface area contributed by atoms with E-state index in [0.717, 1.165) is 51.7 Å². The van der Waals surface area contributed by atoms with Crippen molar-refractivity contribution in [2.45, 2.75) is 39.3 Å². The van der Waals surface area contributed by atoms with Gasteiger partial charge >= 0.3 is 0 Å². The molecule has 27 heavy (non-hydrogen) atoms. The summed E-state index contributed by atoms with van der Waals surface area (Å²) in [5.41, 5.74) is 1.50. The molecular weight excluding hydrogens is 475 g/mol. The largest absolute Gasteiger partial charge is 0.382 e. The topological polar surface area (TPSA) is 58.1 Å². The van der Waals surface area contributed by atoms with Crippen LogP contribution in [0, 0.1) is 0 Å². The lowest BCUT2D eigenvalue weighted by Gasteiger charge is -2.31. The number of methoxy groups -OCH3 is 1. The van der Waals surface area contributed by atoms with Gasteiger partial charge in [-0.1, -0.05) is 0 Å². The zero-order valence-electron chi connectivity index (χ0n) is 16.8. The molecule has 1 unspecified atom stereocenters. The van der Waals surface area contributed by atoms with Crippen molar-refractivity contribution in [1.29, 1.82) is 0 Å². The summed E-state index contributed by atoms with van der Waals surface area (Å²) >= 11 is 1.89. The number of nitrogens with zero attached hydrogens (tertiary/aromatic N) is 2. The predicted molar refractivity (Wildman–Crippen MR) is 125 cm³/mol. The lowest BCUT2D eigenvalue weighted by molar-refractivity contribution is 0.0698. The maximum atomic E-state index is 5.48. The maximum absolute atomic E-state index is 5.48. The van der Waals surface area contributed by atoms with E-state index >= 15 is 0 Å². The SMILES string of the molecule is CCNC(=NCC(C)N1CCc2sccc2C1)NCCCOCCOC.I. The average molecular weight is 510 g/mol. The van der Waals surface area contributed by atoms with Gasteiger partial charge in [-0.3, -0.25) is 9.89 Å². The number of nitrogens with one attached hydrogen (secondary N) is 2. The van der Waals surface area contributed by atoms with Crippen LogP contribution >= 0.6 is 35.3 Å². The minimum Gasteiger partial charge on any atom is -0.382 e. The number of hydrogen-bond donors (Lipinski definition) is 2. The van der Waals surface area contributed by atoms with Gasteiger partial charge in [0.05, 0.1) is 19.8 Å². The van der Waals surface area contributed by atoms with Gasteiger partial charge in [0.2, 0.25) is 0 Å². The number of ether oxygens (including phenoxy) is 2. The fourth-order valence-corrected chi connectivity index (χ4v) is 3.84. The highest BCUT2D eigenvalue weighted by molar-refractivity contribution is 14.0. The Morgan fingerprint density at radius 1 is 1.33 bits per heavy atom. The minimum atomic E-state index is 0. The molecule has 8 heteroatoms.